The van der Waals surface area contributed by atoms with Crippen molar-refractivity contribution in [3.63, 3.8) is 0 Å². The maximum absolute atomic E-state index is 12.1. The molecule has 0 aromatic heterocycles. The van der Waals surface area contributed by atoms with Gasteiger partial charge in [-0.25, -0.2) is 4.79 Å². The molecule has 2 amide bonds. The highest BCUT2D eigenvalue weighted by atomic mass is 16.2. The molecule has 2 saturated heterocycles. The third-order valence-corrected chi connectivity index (χ3v) is 4.58. The third kappa shape index (κ3) is 2.41. The first kappa shape index (κ1) is 11.3. The average Bonchev–Trinajstić information content (AvgIpc) is 2.99. The Labute approximate surface area is 103 Å². The van der Waals surface area contributed by atoms with Gasteiger partial charge in [0.25, 0.3) is 0 Å². The lowest BCUT2D eigenvalue weighted by Gasteiger charge is -2.29. The number of piperazine rings is 1. The molecule has 0 aromatic carbocycles. The lowest BCUT2D eigenvalue weighted by Crippen LogP contribution is -2.51. The number of hydrogen-bond acceptors (Lipinski definition) is 2. The number of likely N-dealkylation sites (tertiary alicyclic amines) is 1. The van der Waals surface area contributed by atoms with Crippen LogP contribution in [-0.2, 0) is 0 Å². The molecule has 2 bridgehead atoms. The van der Waals surface area contributed by atoms with E-state index in [2.05, 4.69) is 10.6 Å². The van der Waals surface area contributed by atoms with Crippen LogP contribution in [0.4, 0.5) is 4.79 Å². The molecule has 0 radical (unpaired) electrons. The highest BCUT2D eigenvalue weighted by Crippen LogP contribution is 2.24. The molecule has 1 saturated carbocycles. The molecule has 0 unspecified atom stereocenters. The van der Waals surface area contributed by atoms with E-state index in [9.17, 15) is 4.79 Å². The van der Waals surface area contributed by atoms with E-state index in [1.54, 1.807) is 0 Å². The molecule has 0 aromatic rings. The molecule has 1 aliphatic carbocycles. The average molecular weight is 237 g/mol. The van der Waals surface area contributed by atoms with Crippen LogP contribution in [0.25, 0.3) is 0 Å². The van der Waals surface area contributed by atoms with Crippen molar-refractivity contribution in [2.75, 3.05) is 19.6 Å². The second kappa shape index (κ2) is 4.84. The maximum atomic E-state index is 12.1. The van der Waals surface area contributed by atoms with E-state index >= 15 is 0 Å². The molecule has 3 fully saturated rings. The summed E-state index contributed by atoms with van der Waals surface area (Å²) in [7, 11) is 0. The van der Waals surface area contributed by atoms with Crippen molar-refractivity contribution >= 4 is 6.03 Å². The maximum Gasteiger partial charge on any atom is 0.317 e. The van der Waals surface area contributed by atoms with Crippen molar-refractivity contribution in [1.29, 1.82) is 0 Å². The van der Waals surface area contributed by atoms with Crippen LogP contribution >= 0.6 is 0 Å². The van der Waals surface area contributed by atoms with Crippen molar-refractivity contribution in [2.24, 2.45) is 5.92 Å². The summed E-state index contributed by atoms with van der Waals surface area (Å²) in [5.74, 6) is 0.727. The van der Waals surface area contributed by atoms with Crippen LogP contribution in [-0.4, -0.2) is 42.6 Å². The molecule has 0 spiro atoms. The van der Waals surface area contributed by atoms with Gasteiger partial charge in [0.2, 0.25) is 0 Å². The van der Waals surface area contributed by atoms with Gasteiger partial charge in [0, 0.05) is 31.7 Å². The Kier molecular flexibility index (Phi) is 3.23. The van der Waals surface area contributed by atoms with Crippen LogP contribution in [0.1, 0.15) is 38.5 Å². The first-order valence-corrected chi connectivity index (χ1v) is 7.11. The second-order valence-corrected chi connectivity index (χ2v) is 5.84. The predicted octanol–water partition coefficient (Wildman–Crippen LogP) is 1.32. The van der Waals surface area contributed by atoms with Gasteiger partial charge in [-0.1, -0.05) is 19.3 Å². The molecule has 2 heterocycles. The van der Waals surface area contributed by atoms with Gasteiger partial charge in [0.15, 0.2) is 0 Å². The molecule has 3 aliphatic rings. The molecule has 17 heavy (non-hydrogen) atoms. The van der Waals surface area contributed by atoms with Crippen LogP contribution in [0.5, 0.6) is 0 Å². The van der Waals surface area contributed by atoms with Crippen molar-refractivity contribution in [3.05, 3.63) is 0 Å². The monoisotopic (exact) mass is 237 g/mol. The Bertz CT molecular complexity index is 288. The summed E-state index contributed by atoms with van der Waals surface area (Å²) in [5.41, 5.74) is 0. The molecule has 2 aliphatic heterocycles. The zero-order chi connectivity index (χ0) is 11.7. The smallest absolute Gasteiger partial charge is 0.317 e. The molecular formula is C13H23N3O. The minimum Gasteiger partial charge on any atom is -0.338 e. The quantitative estimate of drug-likeness (QED) is 0.761. The number of rotatable bonds is 2. The molecule has 2 atom stereocenters. The lowest BCUT2D eigenvalue weighted by molar-refractivity contribution is 0.181. The van der Waals surface area contributed by atoms with Crippen LogP contribution in [0.2, 0.25) is 0 Å². The highest BCUT2D eigenvalue weighted by molar-refractivity contribution is 5.75. The second-order valence-electron chi connectivity index (χ2n) is 5.84. The number of nitrogens with zero attached hydrogens (tertiary/aromatic N) is 1. The van der Waals surface area contributed by atoms with Gasteiger partial charge in [-0.2, -0.15) is 0 Å². The summed E-state index contributed by atoms with van der Waals surface area (Å²) < 4.78 is 0. The van der Waals surface area contributed by atoms with Crippen LogP contribution in [0, 0.1) is 5.92 Å². The number of carbonyl (C=O) groups is 1. The summed E-state index contributed by atoms with van der Waals surface area (Å²) in [6.45, 7) is 2.78. The van der Waals surface area contributed by atoms with Crippen LogP contribution < -0.4 is 10.6 Å². The van der Waals surface area contributed by atoms with Crippen molar-refractivity contribution in [3.8, 4) is 0 Å². The number of carbonyl (C=O) groups excluding carboxylic acids is 1. The number of amides is 2. The topological polar surface area (TPSA) is 44.4 Å². The van der Waals surface area contributed by atoms with E-state index in [1.807, 2.05) is 4.90 Å². The standard InChI is InChI=1S/C13H23N3O/c17-13(15-7-10-4-2-1-3-5-10)16-9-11-6-12(16)8-14-11/h10-12,14H,1-9H2,(H,15,17)/t11-,12+/m0/s1. The molecule has 2 N–H and O–H groups in total. The van der Waals surface area contributed by atoms with E-state index in [1.165, 1.54) is 32.1 Å². The van der Waals surface area contributed by atoms with Gasteiger partial charge in [-0.05, 0) is 25.2 Å². The normalized spacial score (nSPS) is 33.1. The fourth-order valence-corrected chi connectivity index (χ4v) is 3.53. The van der Waals surface area contributed by atoms with Gasteiger partial charge in [-0.3, -0.25) is 0 Å². The Morgan fingerprint density at radius 1 is 1.29 bits per heavy atom. The van der Waals surface area contributed by atoms with Crippen molar-refractivity contribution < 1.29 is 4.79 Å². The summed E-state index contributed by atoms with van der Waals surface area (Å²) in [5, 5.41) is 6.56. The fourth-order valence-electron chi connectivity index (χ4n) is 3.53. The van der Waals surface area contributed by atoms with Crippen LogP contribution in [0.15, 0.2) is 0 Å². The van der Waals surface area contributed by atoms with E-state index in [4.69, 9.17) is 0 Å². The molecule has 4 heteroatoms. The van der Waals surface area contributed by atoms with E-state index in [-0.39, 0.29) is 6.03 Å². The Hall–Kier alpha value is -0.770. The van der Waals surface area contributed by atoms with E-state index in [0.717, 1.165) is 32.0 Å². The molecular weight excluding hydrogens is 214 g/mol. The number of hydrogen-bond donors (Lipinski definition) is 2. The Balaban J connectivity index is 1.44. The largest absolute Gasteiger partial charge is 0.338 e. The molecule has 4 nitrogen and oxygen atoms in total. The van der Waals surface area contributed by atoms with Gasteiger partial charge in [0.1, 0.15) is 0 Å². The summed E-state index contributed by atoms with van der Waals surface area (Å²) in [4.78, 5) is 14.1. The summed E-state index contributed by atoms with van der Waals surface area (Å²) in [6, 6.07) is 1.18. The van der Waals surface area contributed by atoms with Gasteiger partial charge >= 0.3 is 6.03 Å². The van der Waals surface area contributed by atoms with E-state index in [0.29, 0.717) is 12.1 Å². The third-order valence-electron chi connectivity index (χ3n) is 4.58. The van der Waals surface area contributed by atoms with Gasteiger partial charge < -0.3 is 15.5 Å². The van der Waals surface area contributed by atoms with Gasteiger partial charge in [-0.15, -0.1) is 0 Å². The first-order valence-electron chi connectivity index (χ1n) is 7.11. The van der Waals surface area contributed by atoms with Crippen molar-refractivity contribution in [1.82, 2.24) is 15.5 Å². The first-order chi connectivity index (χ1) is 8.33. The van der Waals surface area contributed by atoms with Gasteiger partial charge in [0.05, 0.1) is 0 Å². The molecule has 96 valence electrons. The number of urea groups is 1. The predicted molar refractivity (Wildman–Crippen MR) is 66.9 cm³/mol. The minimum absolute atomic E-state index is 0.171. The van der Waals surface area contributed by atoms with E-state index < -0.39 is 0 Å². The van der Waals surface area contributed by atoms with Crippen molar-refractivity contribution in [2.45, 2.75) is 50.6 Å². The van der Waals surface area contributed by atoms with Crippen LogP contribution in [0.3, 0.4) is 0 Å². The number of fused-ring (bicyclic) bond motifs is 2. The highest BCUT2D eigenvalue weighted by Gasteiger charge is 2.40. The minimum atomic E-state index is 0.171. The Morgan fingerprint density at radius 2 is 2.12 bits per heavy atom. The SMILES string of the molecule is O=C(NCC1CCCCC1)N1C[C@@H]2C[C@@H]1CN2. The summed E-state index contributed by atoms with van der Waals surface area (Å²) >= 11 is 0. The Morgan fingerprint density at radius 3 is 2.76 bits per heavy atom. The fraction of sp³-hybridized carbons (Fsp3) is 0.923. The molecule has 3 rings (SSSR count). The number of nitrogens with one attached hydrogen (secondary N) is 2. The zero-order valence-electron chi connectivity index (χ0n) is 10.5. The zero-order valence-corrected chi connectivity index (χ0v) is 10.5. The summed E-state index contributed by atoms with van der Waals surface area (Å²) in [6.07, 6.45) is 7.82. The lowest BCUT2D eigenvalue weighted by atomic mass is 9.89.